The number of nitrogens with two attached hydrogens (primary N) is 2. The van der Waals surface area contributed by atoms with E-state index in [2.05, 4.69) is 19.2 Å². The predicted molar refractivity (Wildman–Crippen MR) is 96.1 cm³/mol. The van der Waals surface area contributed by atoms with Crippen molar-refractivity contribution in [1.82, 2.24) is 5.32 Å². The molecule has 0 heterocycles. The Morgan fingerprint density at radius 3 is 2.16 bits per heavy atom. The van der Waals surface area contributed by atoms with E-state index in [4.69, 9.17) is 11.5 Å². The van der Waals surface area contributed by atoms with Crippen molar-refractivity contribution in [3.05, 3.63) is 34.9 Å². The quantitative estimate of drug-likeness (QED) is 0.734. The summed E-state index contributed by atoms with van der Waals surface area (Å²) in [6.07, 6.45) is 5.32. The third-order valence-electron chi connectivity index (χ3n) is 5.26. The van der Waals surface area contributed by atoms with Crippen molar-refractivity contribution in [3.63, 3.8) is 0 Å². The second-order valence-corrected chi connectivity index (χ2v) is 7.01. The van der Waals surface area contributed by atoms with Gasteiger partial charge in [0.1, 0.15) is 0 Å². The fraction of sp³-hybridized carbons (Fsp3) is 0.526. The van der Waals surface area contributed by atoms with Crippen molar-refractivity contribution in [1.29, 1.82) is 0 Å². The highest BCUT2D eigenvalue weighted by Crippen LogP contribution is 2.31. The molecule has 2 rings (SSSR count). The number of benzene rings is 1. The van der Waals surface area contributed by atoms with E-state index in [-0.39, 0.29) is 28.6 Å². The zero-order valence-electron chi connectivity index (χ0n) is 14.9. The molecule has 3 unspecified atom stereocenters. The molecule has 0 radical (unpaired) electrons. The van der Waals surface area contributed by atoms with Crippen LogP contribution in [0.2, 0.25) is 0 Å². The van der Waals surface area contributed by atoms with Gasteiger partial charge in [-0.3, -0.25) is 14.4 Å². The summed E-state index contributed by atoms with van der Waals surface area (Å²) in [5, 5.41) is 3.03. The molecule has 1 aromatic rings. The number of hydrogen-bond donors (Lipinski definition) is 3. The highest BCUT2D eigenvalue weighted by Gasteiger charge is 2.26. The molecule has 0 saturated heterocycles. The molecule has 25 heavy (non-hydrogen) atoms. The van der Waals surface area contributed by atoms with Crippen LogP contribution in [-0.2, 0) is 0 Å². The van der Waals surface area contributed by atoms with Crippen molar-refractivity contribution in [2.75, 3.05) is 0 Å². The van der Waals surface area contributed by atoms with Gasteiger partial charge in [-0.1, -0.05) is 33.1 Å². The van der Waals surface area contributed by atoms with Crippen LogP contribution < -0.4 is 16.8 Å². The van der Waals surface area contributed by atoms with Crippen molar-refractivity contribution in [2.24, 2.45) is 23.3 Å². The average molecular weight is 345 g/mol. The van der Waals surface area contributed by atoms with E-state index in [0.717, 1.165) is 25.7 Å². The van der Waals surface area contributed by atoms with Gasteiger partial charge in [-0.05, 0) is 42.9 Å². The predicted octanol–water partition coefficient (Wildman–Crippen LogP) is 2.22. The van der Waals surface area contributed by atoms with Crippen LogP contribution in [0.3, 0.4) is 0 Å². The minimum atomic E-state index is -0.702. The molecule has 0 bridgehead atoms. The maximum absolute atomic E-state index is 12.6. The Morgan fingerprint density at radius 1 is 1.08 bits per heavy atom. The van der Waals surface area contributed by atoms with E-state index < -0.39 is 11.8 Å². The third kappa shape index (κ3) is 4.81. The number of carbonyl (C=O) groups is 3. The summed E-state index contributed by atoms with van der Waals surface area (Å²) in [5.74, 6) is -0.458. The highest BCUT2D eigenvalue weighted by atomic mass is 16.2. The van der Waals surface area contributed by atoms with Gasteiger partial charge in [-0.2, -0.15) is 0 Å². The van der Waals surface area contributed by atoms with Gasteiger partial charge in [0, 0.05) is 22.7 Å². The Bertz CT molecular complexity index is 640. The summed E-state index contributed by atoms with van der Waals surface area (Å²) in [7, 11) is 0. The van der Waals surface area contributed by atoms with Gasteiger partial charge < -0.3 is 16.8 Å². The summed E-state index contributed by atoms with van der Waals surface area (Å²) in [6, 6.07) is 4.22. The topological polar surface area (TPSA) is 115 Å². The van der Waals surface area contributed by atoms with E-state index in [1.807, 2.05) is 0 Å². The average Bonchev–Trinajstić information content (AvgIpc) is 2.60. The molecule has 1 aliphatic carbocycles. The maximum atomic E-state index is 12.6. The van der Waals surface area contributed by atoms with Crippen molar-refractivity contribution in [3.8, 4) is 0 Å². The maximum Gasteiger partial charge on any atom is 0.251 e. The van der Waals surface area contributed by atoms with E-state index in [1.165, 1.54) is 24.6 Å². The van der Waals surface area contributed by atoms with E-state index in [1.54, 1.807) is 0 Å². The summed E-state index contributed by atoms with van der Waals surface area (Å²) in [6.45, 7) is 4.44. The molecule has 1 saturated carbocycles. The normalized spacial score (nSPS) is 21.4. The Labute approximate surface area is 148 Å². The van der Waals surface area contributed by atoms with Crippen LogP contribution in [0, 0.1) is 11.8 Å². The van der Waals surface area contributed by atoms with Gasteiger partial charge in [-0.25, -0.2) is 0 Å². The van der Waals surface area contributed by atoms with Gasteiger partial charge in [0.15, 0.2) is 0 Å². The summed E-state index contributed by atoms with van der Waals surface area (Å²) < 4.78 is 0. The van der Waals surface area contributed by atoms with Gasteiger partial charge in [0.25, 0.3) is 5.91 Å². The Balaban J connectivity index is 2.14. The molecule has 0 aliphatic heterocycles. The number of carbonyl (C=O) groups excluding carboxylic acids is 3. The summed E-state index contributed by atoms with van der Waals surface area (Å²) >= 11 is 0. The van der Waals surface area contributed by atoms with Gasteiger partial charge >= 0.3 is 0 Å². The first-order chi connectivity index (χ1) is 11.8. The first-order valence-electron chi connectivity index (χ1n) is 8.87. The highest BCUT2D eigenvalue weighted by molar-refractivity contribution is 6.03. The first kappa shape index (κ1) is 19.0. The molecular weight excluding hydrogens is 318 g/mol. The number of amides is 3. The van der Waals surface area contributed by atoms with Gasteiger partial charge in [-0.15, -0.1) is 0 Å². The fourth-order valence-electron chi connectivity index (χ4n) is 3.52. The molecule has 1 aliphatic rings. The van der Waals surface area contributed by atoms with Crippen LogP contribution in [0.4, 0.5) is 0 Å². The second kappa shape index (κ2) is 8.14. The van der Waals surface area contributed by atoms with Gasteiger partial charge in [0.2, 0.25) is 11.8 Å². The monoisotopic (exact) mass is 345 g/mol. The lowest BCUT2D eigenvalue weighted by atomic mass is 9.77. The van der Waals surface area contributed by atoms with E-state index >= 15 is 0 Å². The largest absolute Gasteiger partial charge is 0.366 e. The minimum Gasteiger partial charge on any atom is -0.366 e. The summed E-state index contributed by atoms with van der Waals surface area (Å²) in [5.41, 5.74) is 11.0. The standard InChI is InChI=1S/C19H27N3O3/c1-3-11(2)12-5-4-6-16(10-12)22-19(25)15-8-13(17(20)23)7-14(9-15)18(21)24/h7-9,11-12,16H,3-6,10H2,1-2H3,(H2,20,23)(H2,21,24)(H,22,25). The smallest absolute Gasteiger partial charge is 0.251 e. The zero-order valence-corrected chi connectivity index (χ0v) is 14.9. The number of nitrogens with one attached hydrogen (secondary N) is 1. The SMILES string of the molecule is CCC(C)C1CCCC(NC(=O)c2cc(C(N)=O)cc(C(N)=O)c2)C1. The Morgan fingerprint density at radius 2 is 1.64 bits per heavy atom. The lowest BCUT2D eigenvalue weighted by Gasteiger charge is -2.33. The Hall–Kier alpha value is -2.37. The first-order valence-corrected chi connectivity index (χ1v) is 8.87. The number of primary amides is 2. The van der Waals surface area contributed by atoms with E-state index in [9.17, 15) is 14.4 Å². The van der Waals surface area contributed by atoms with Crippen LogP contribution in [0.5, 0.6) is 0 Å². The molecule has 0 aromatic heterocycles. The molecule has 1 fully saturated rings. The van der Waals surface area contributed by atoms with Crippen LogP contribution in [0.25, 0.3) is 0 Å². The minimum absolute atomic E-state index is 0.0996. The third-order valence-corrected chi connectivity index (χ3v) is 5.26. The molecule has 3 amide bonds. The molecule has 6 heteroatoms. The van der Waals surface area contributed by atoms with Crippen molar-refractivity contribution in [2.45, 2.75) is 52.0 Å². The molecule has 136 valence electrons. The molecule has 5 N–H and O–H groups in total. The molecular formula is C19H27N3O3. The zero-order chi connectivity index (χ0) is 18.6. The van der Waals surface area contributed by atoms with Crippen LogP contribution in [0.15, 0.2) is 18.2 Å². The van der Waals surface area contributed by atoms with Crippen molar-refractivity contribution >= 4 is 17.7 Å². The second-order valence-electron chi connectivity index (χ2n) is 7.01. The van der Waals surface area contributed by atoms with Crippen LogP contribution >= 0.6 is 0 Å². The fourth-order valence-corrected chi connectivity index (χ4v) is 3.52. The Kier molecular flexibility index (Phi) is 6.17. The lowest BCUT2D eigenvalue weighted by Crippen LogP contribution is -2.39. The van der Waals surface area contributed by atoms with Gasteiger partial charge in [0.05, 0.1) is 0 Å². The molecule has 1 aromatic carbocycles. The molecule has 0 spiro atoms. The summed E-state index contributed by atoms with van der Waals surface area (Å²) in [4.78, 5) is 35.5. The number of hydrogen-bond acceptors (Lipinski definition) is 3. The van der Waals surface area contributed by atoms with Crippen LogP contribution in [-0.4, -0.2) is 23.8 Å². The van der Waals surface area contributed by atoms with E-state index in [0.29, 0.717) is 11.8 Å². The van der Waals surface area contributed by atoms with Crippen molar-refractivity contribution < 1.29 is 14.4 Å². The number of rotatable bonds is 6. The molecule has 3 atom stereocenters. The van der Waals surface area contributed by atoms with Crippen LogP contribution in [0.1, 0.15) is 77.0 Å². The molecule has 6 nitrogen and oxygen atoms in total. The lowest BCUT2D eigenvalue weighted by molar-refractivity contribution is 0.0911.